The van der Waals surface area contributed by atoms with E-state index in [1.54, 1.807) is 13.3 Å². The summed E-state index contributed by atoms with van der Waals surface area (Å²) < 4.78 is 30.6. The van der Waals surface area contributed by atoms with E-state index < -0.39 is 5.83 Å². The summed E-state index contributed by atoms with van der Waals surface area (Å²) in [5.41, 5.74) is 3.82. The molecule has 6 heteroatoms. The van der Waals surface area contributed by atoms with Gasteiger partial charge in [-0.3, -0.25) is 9.98 Å². The largest absolute Gasteiger partial charge is 0.356 e. The van der Waals surface area contributed by atoms with Crippen molar-refractivity contribution in [2.45, 2.75) is 39.5 Å². The first-order valence-electron chi connectivity index (χ1n) is 11.3. The van der Waals surface area contributed by atoms with Crippen molar-refractivity contribution in [3.8, 4) is 12.3 Å². The molecule has 1 saturated heterocycles. The van der Waals surface area contributed by atoms with Crippen LogP contribution in [0.2, 0.25) is 0 Å². The van der Waals surface area contributed by atoms with E-state index in [-0.39, 0.29) is 29.2 Å². The third-order valence-electron chi connectivity index (χ3n) is 6.46. The number of allylic oxidation sites excluding steroid dienone is 4. The zero-order valence-electron chi connectivity index (χ0n) is 19.4. The van der Waals surface area contributed by atoms with Crippen LogP contribution in [0.25, 0.3) is 11.3 Å². The Hall–Kier alpha value is -3.33. The maximum Gasteiger partial charge on any atom is 0.175 e. The summed E-state index contributed by atoms with van der Waals surface area (Å²) in [5.74, 6) is 2.64. The van der Waals surface area contributed by atoms with Gasteiger partial charge < -0.3 is 4.90 Å². The zero-order chi connectivity index (χ0) is 23.7. The second-order valence-electron chi connectivity index (χ2n) is 8.85. The third-order valence-corrected chi connectivity index (χ3v) is 6.46. The van der Waals surface area contributed by atoms with Crippen LogP contribution in [0.4, 0.5) is 8.78 Å². The molecular formula is C27H28F2N4. The van der Waals surface area contributed by atoms with Crippen LogP contribution in [0.3, 0.4) is 0 Å². The standard InChI is InChI=1S/C27H28F2N4/c1-6-19-22(28)10-9-18-12-17(3)13-20(23(18)19)26-24(29)25(30-4)21(14-32-26)27(31-5)33-11-7-8-16(2)15-33/h1,12-14,16H,5,7-11,15H2,2-4H3/b27-21+,30-25?. The maximum absolute atomic E-state index is 16.0. The fourth-order valence-corrected chi connectivity index (χ4v) is 4.98. The molecule has 33 heavy (non-hydrogen) atoms. The minimum Gasteiger partial charge on any atom is -0.356 e. The van der Waals surface area contributed by atoms with E-state index >= 15 is 4.39 Å². The number of piperidine rings is 1. The maximum atomic E-state index is 16.0. The van der Waals surface area contributed by atoms with Crippen LogP contribution >= 0.6 is 0 Å². The van der Waals surface area contributed by atoms with Gasteiger partial charge >= 0.3 is 0 Å². The number of nitrogens with zero attached hydrogens (tertiary/aromatic N) is 4. The molecule has 1 unspecified atom stereocenters. The van der Waals surface area contributed by atoms with E-state index in [1.165, 1.54) is 0 Å². The molecule has 1 aromatic rings. The molecular weight excluding hydrogens is 418 g/mol. The molecule has 0 saturated carbocycles. The normalized spacial score (nSPS) is 23.6. The third kappa shape index (κ3) is 4.08. The summed E-state index contributed by atoms with van der Waals surface area (Å²) in [5, 5.41) is 0. The molecule has 4 nitrogen and oxygen atoms in total. The SMILES string of the molecule is C#CC1=C(F)CCc2cc(C)cc(C3=C(F)C(=NC)/C(=C(\N=C)N4CCCC(C)C4)C=N3)c21. The number of rotatable bonds is 3. The van der Waals surface area contributed by atoms with Crippen molar-refractivity contribution < 1.29 is 8.78 Å². The number of halogens is 2. The Bertz CT molecular complexity index is 1210. The highest BCUT2D eigenvalue weighted by atomic mass is 19.1. The fourth-order valence-electron chi connectivity index (χ4n) is 4.98. The minimum atomic E-state index is -0.573. The Balaban J connectivity index is 1.87. The lowest BCUT2D eigenvalue weighted by molar-refractivity contribution is 0.227. The molecule has 0 N–H and O–H groups in total. The summed E-state index contributed by atoms with van der Waals surface area (Å²) in [6, 6.07) is 3.78. The Morgan fingerprint density at radius 2 is 2.09 bits per heavy atom. The van der Waals surface area contributed by atoms with Crippen molar-refractivity contribution in [1.29, 1.82) is 0 Å². The molecule has 1 atom stereocenters. The molecule has 1 aromatic carbocycles. The van der Waals surface area contributed by atoms with E-state index in [0.717, 1.165) is 37.1 Å². The van der Waals surface area contributed by atoms with E-state index in [9.17, 15) is 4.39 Å². The van der Waals surface area contributed by atoms with Crippen LogP contribution in [0.15, 0.2) is 50.2 Å². The number of aliphatic imine (C=N–C) groups is 3. The van der Waals surface area contributed by atoms with Crippen molar-refractivity contribution in [3.63, 3.8) is 0 Å². The molecule has 0 spiro atoms. The van der Waals surface area contributed by atoms with Crippen LogP contribution < -0.4 is 0 Å². The summed E-state index contributed by atoms with van der Waals surface area (Å²) in [6.07, 6.45) is 10.2. The molecule has 0 bridgehead atoms. The topological polar surface area (TPSA) is 40.3 Å². The summed E-state index contributed by atoms with van der Waals surface area (Å²) in [4.78, 5) is 15.1. The Labute approximate surface area is 194 Å². The minimum absolute atomic E-state index is 0.108. The summed E-state index contributed by atoms with van der Waals surface area (Å²) in [6.45, 7) is 9.50. The highest BCUT2D eigenvalue weighted by Gasteiger charge is 2.31. The van der Waals surface area contributed by atoms with Gasteiger partial charge in [-0.2, -0.15) is 0 Å². The van der Waals surface area contributed by atoms with E-state index in [1.807, 2.05) is 19.1 Å². The fraction of sp³-hybridized carbons (Fsp3) is 0.370. The van der Waals surface area contributed by atoms with E-state index in [0.29, 0.717) is 34.9 Å². The Kier molecular flexibility index (Phi) is 6.42. The van der Waals surface area contributed by atoms with Crippen molar-refractivity contribution >= 4 is 29.9 Å². The second-order valence-corrected chi connectivity index (χ2v) is 8.85. The molecule has 1 fully saturated rings. The van der Waals surface area contributed by atoms with Crippen molar-refractivity contribution in [3.05, 3.63) is 57.4 Å². The van der Waals surface area contributed by atoms with Gasteiger partial charge in [-0.15, -0.1) is 6.42 Å². The van der Waals surface area contributed by atoms with Crippen molar-refractivity contribution in [2.24, 2.45) is 20.9 Å². The van der Waals surface area contributed by atoms with Crippen LogP contribution in [0, 0.1) is 25.2 Å². The molecule has 4 rings (SSSR count). The number of likely N-dealkylation sites (tertiary alicyclic amines) is 1. The van der Waals surface area contributed by atoms with Crippen molar-refractivity contribution in [1.82, 2.24) is 4.90 Å². The van der Waals surface area contributed by atoms with Crippen LogP contribution in [0.1, 0.15) is 48.4 Å². The molecule has 0 amide bonds. The lowest BCUT2D eigenvalue weighted by Crippen LogP contribution is -2.35. The molecule has 0 radical (unpaired) electrons. The average molecular weight is 447 g/mol. The van der Waals surface area contributed by atoms with Gasteiger partial charge in [0.1, 0.15) is 23.1 Å². The summed E-state index contributed by atoms with van der Waals surface area (Å²) in [7, 11) is 1.55. The van der Waals surface area contributed by atoms with E-state index in [4.69, 9.17) is 6.42 Å². The number of hydrogen-bond acceptors (Lipinski definition) is 4. The van der Waals surface area contributed by atoms with E-state index in [2.05, 4.69) is 39.4 Å². The van der Waals surface area contributed by atoms with Gasteiger partial charge in [-0.25, -0.2) is 13.8 Å². The average Bonchev–Trinajstić information content (AvgIpc) is 2.79. The summed E-state index contributed by atoms with van der Waals surface area (Å²) >= 11 is 0. The number of fused-ring (bicyclic) bond motifs is 1. The molecule has 0 aromatic heterocycles. The number of terminal acetylenes is 1. The first-order chi connectivity index (χ1) is 15.9. The lowest BCUT2D eigenvalue weighted by atomic mass is 9.84. The van der Waals surface area contributed by atoms with Crippen LogP contribution in [0.5, 0.6) is 0 Å². The number of hydrogen-bond donors (Lipinski definition) is 0. The van der Waals surface area contributed by atoms with Gasteiger partial charge in [0.05, 0.1) is 11.1 Å². The lowest BCUT2D eigenvalue weighted by Gasteiger charge is -2.34. The zero-order valence-corrected chi connectivity index (χ0v) is 19.4. The highest BCUT2D eigenvalue weighted by Crippen LogP contribution is 2.40. The quantitative estimate of drug-likeness (QED) is 0.434. The van der Waals surface area contributed by atoms with Gasteiger partial charge in [-0.05, 0) is 50.5 Å². The number of aryl methyl sites for hydroxylation is 2. The molecule has 170 valence electrons. The van der Waals surface area contributed by atoms with Gasteiger partial charge in [0.2, 0.25) is 0 Å². The Morgan fingerprint density at radius 3 is 2.76 bits per heavy atom. The van der Waals surface area contributed by atoms with Crippen LogP contribution in [-0.4, -0.2) is 43.7 Å². The Morgan fingerprint density at radius 1 is 1.30 bits per heavy atom. The first kappa shape index (κ1) is 22.8. The predicted octanol–water partition coefficient (Wildman–Crippen LogP) is 5.69. The molecule has 2 heterocycles. The first-order valence-corrected chi connectivity index (χ1v) is 11.3. The monoisotopic (exact) mass is 446 g/mol. The predicted molar refractivity (Wildman–Crippen MR) is 133 cm³/mol. The molecule has 2 aliphatic heterocycles. The molecule has 1 aliphatic carbocycles. The van der Waals surface area contributed by atoms with Gasteiger partial charge in [0, 0.05) is 43.9 Å². The molecule has 3 aliphatic rings. The van der Waals surface area contributed by atoms with Gasteiger partial charge in [0.15, 0.2) is 5.83 Å². The highest BCUT2D eigenvalue weighted by molar-refractivity contribution is 6.28. The van der Waals surface area contributed by atoms with Gasteiger partial charge in [0.25, 0.3) is 0 Å². The number of benzene rings is 1. The van der Waals surface area contributed by atoms with Gasteiger partial charge in [-0.1, -0.05) is 24.5 Å². The smallest absolute Gasteiger partial charge is 0.175 e. The van der Waals surface area contributed by atoms with Crippen molar-refractivity contribution in [2.75, 3.05) is 20.1 Å². The second kappa shape index (κ2) is 9.27. The van der Waals surface area contributed by atoms with Crippen LogP contribution in [-0.2, 0) is 6.42 Å².